The standard InChI is InChI=1S/C29H26ClF2N7O/c30-22-6-2-4-17-3-1-5-20(24(17)22)26-25(32)27-21(13-34-26)28(39-14-18-7-8-19(15-39)35-18)37-29(36-27)40-12-9-23-33-10-11-38(23)16-31/h1-6,10-11,13,18-19,35H,7-9,12,14-16H2. The molecule has 2 aliphatic rings. The number of nitrogens with one attached hydrogen (secondary N) is 1. The summed E-state index contributed by atoms with van der Waals surface area (Å²) in [6.07, 6.45) is 7.29. The summed E-state index contributed by atoms with van der Waals surface area (Å²) in [5, 5.41) is 6.28. The molecule has 2 atom stereocenters. The van der Waals surface area contributed by atoms with Crippen LogP contribution in [0, 0.1) is 5.82 Å². The first-order valence-electron chi connectivity index (χ1n) is 13.3. The number of fused-ring (bicyclic) bond motifs is 4. The minimum atomic E-state index is -0.670. The van der Waals surface area contributed by atoms with Crippen LogP contribution in [0.1, 0.15) is 18.7 Å². The van der Waals surface area contributed by atoms with Crippen LogP contribution >= 0.6 is 11.6 Å². The summed E-state index contributed by atoms with van der Waals surface area (Å²) in [5.74, 6) is 0.578. The first-order chi connectivity index (χ1) is 19.6. The maximum absolute atomic E-state index is 16.4. The molecule has 1 N–H and O–H groups in total. The smallest absolute Gasteiger partial charge is 0.319 e. The highest BCUT2D eigenvalue weighted by Crippen LogP contribution is 2.38. The van der Waals surface area contributed by atoms with E-state index >= 15 is 4.39 Å². The van der Waals surface area contributed by atoms with Gasteiger partial charge in [0.15, 0.2) is 12.6 Å². The topological polar surface area (TPSA) is 81.0 Å². The van der Waals surface area contributed by atoms with Crippen LogP contribution in [0.5, 0.6) is 6.01 Å². The number of rotatable bonds is 7. The number of benzene rings is 2. The first kappa shape index (κ1) is 25.1. The molecule has 0 saturated carbocycles. The lowest BCUT2D eigenvalue weighted by Crippen LogP contribution is -2.51. The van der Waals surface area contributed by atoms with Crippen molar-refractivity contribution < 1.29 is 13.5 Å². The van der Waals surface area contributed by atoms with E-state index in [9.17, 15) is 4.39 Å². The Hall–Kier alpha value is -3.89. The average Bonchev–Trinajstić information content (AvgIpc) is 3.57. The molecule has 8 nitrogen and oxygen atoms in total. The molecular formula is C29H26ClF2N7O. The number of pyridine rings is 1. The highest BCUT2D eigenvalue weighted by Gasteiger charge is 2.34. The molecule has 2 aromatic carbocycles. The van der Waals surface area contributed by atoms with Crippen LogP contribution in [0.25, 0.3) is 32.9 Å². The number of nitrogens with zero attached hydrogens (tertiary/aromatic N) is 6. The van der Waals surface area contributed by atoms with E-state index in [0.717, 1.165) is 36.7 Å². The Morgan fingerprint density at radius 3 is 2.65 bits per heavy atom. The highest BCUT2D eigenvalue weighted by atomic mass is 35.5. The molecule has 3 aromatic heterocycles. The van der Waals surface area contributed by atoms with Gasteiger partial charge in [0.1, 0.15) is 22.9 Å². The monoisotopic (exact) mass is 561 g/mol. The van der Waals surface area contributed by atoms with Crippen LogP contribution in [-0.4, -0.2) is 56.3 Å². The van der Waals surface area contributed by atoms with E-state index < -0.39 is 12.6 Å². The normalized spacial score (nSPS) is 18.6. The summed E-state index contributed by atoms with van der Waals surface area (Å²) in [6.45, 7) is 0.986. The molecular weight excluding hydrogens is 536 g/mol. The molecule has 7 rings (SSSR count). The second-order valence-corrected chi connectivity index (χ2v) is 10.6. The van der Waals surface area contributed by atoms with Gasteiger partial charge in [0.25, 0.3) is 0 Å². The van der Waals surface area contributed by atoms with E-state index in [1.54, 1.807) is 24.7 Å². The number of halogens is 3. The van der Waals surface area contributed by atoms with Crippen molar-refractivity contribution in [3.8, 4) is 17.3 Å². The molecule has 2 fully saturated rings. The van der Waals surface area contributed by atoms with Gasteiger partial charge in [-0.05, 0) is 24.3 Å². The van der Waals surface area contributed by atoms with Gasteiger partial charge in [0, 0.05) is 66.2 Å². The predicted molar refractivity (Wildman–Crippen MR) is 150 cm³/mol. The van der Waals surface area contributed by atoms with E-state index in [-0.39, 0.29) is 23.8 Å². The summed E-state index contributed by atoms with van der Waals surface area (Å²) in [7, 11) is 0. The third-order valence-corrected chi connectivity index (χ3v) is 8.07. The fourth-order valence-corrected chi connectivity index (χ4v) is 6.17. The molecule has 0 aliphatic carbocycles. The van der Waals surface area contributed by atoms with Crippen molar-refractivity contribution in [3.63, 3.8) is 0 Å². The van der Waals surface area contributed by atoms with Gasteiger partial charge in [-0.15, -0.1) is 0 Å². The largest absolute Gasteiger partial charge is 0.463 e. The van der Waals surface area contributed by atoms with Crippen LogP contribution in [0.4, 0.5) is 14.6 Å². The summed E-state index contributed by atoms with van der Waals surface area (Å²) < 4.78 is 37.0. The first-order valence-corrected chi connectivity index (χ1v) is 13.7. The molecule has 0 radical (unpaired) electrons. The van der Waals surface area contributed by atoms with E-state index in [2.05, 4.69) is 25.2 Å². The Morgan fingerprint density at radius 2 is 1.85 bits per heavy atom. The SMILES string of the molecule is FCn1ccnc1CCOc1nc(N2CC3CCC(C2)N3)c2cnc(-c3cccc4cccc(Cl)c34)c(F)c2n1. The average molecular weight is 562 g/mol. The quantitative estimate of drug-likeness (QED) is 0.288. The van der Waals surface area contributed by atoms with E-state index in [1.165, 1.54) is 4.57 Å². The van der Waals surface area contributed by atoms with Gasteiger partial charge >= 0.3 is 6.01 Å². The maximum Gasteiger partial charge on any atom is 0.319 e. The van der Waals surface area contributed by atoms with Gasteiger partial charge < -0.3 is 19.5 Å². The molecule has 11 heteroatoms. The van der Waals surface area contributed by atoms with Crippen LogP contribution in [0.2, 0.25) is 5.02 Å². The highest BCUT2D eigenvalue weighted by molar-refractivity contribution is 6.36. The fraction of sp³-hybridized carbons (Fsp3) is 0.310. The molecule has 0 spiro atoms. The van der Waals surface area contributed by atoms with Crippen molar-refractivity contribution in [1.82, 2.24) is 29.8 Å². The van der Waals surface area contributed by atoms with Gasteiger partial charge in [0.05, 0.1) is 12.0 Å². The number of aromatic nitrogens is 5. The van der Waals surface area contributed by atoms with E-state index in [0.29, 0.717) is 46.1 Å². The zero-order valence-electron chi connectivity index (χ0n) is 21.5. The number of alkyl halides is 1. The lowest BCUT2D eigenvalue weighted by molar-refractivity contribution is 0.288. The number of hydrogen-bond donors (Lipinski definition) is 1. The van der Waals surface area contributed by atoms with Crippen molar-refractivity contribution >= 4 is 39.1 Å². The third kappa shape index (κ3) is 4.41. The molecule has 2 aliphatic heterocycles. The number of hydrogen-bond acceptors (Lipinski definition) is 7. The van der Waals surface area contributed by atoms with Crippen LogP contribution in [0.3, 0.4) is 0 Å². The predicted octanol–water partition coefficient (Wildman–Crippen LogP) is 5.32. The fourth-order valence-electron chi connectivity index (χ4n) is 5.89. The third-order valence-electron chi connectivity index (χ3n) is 7.76. The lowest BCUT2D eigenvalue weighted by atomic mass is 10.0. The lowest BCUT2D eigenvalue weighted by Gasteiger charge is -2.34. The molecule has 2 bridgehead atoms. The molecule has 40 heavy (non-hydrogen) atoms. The molecule has 2 unspecified atom stereocenters. The van der Waals surface area contributed by atoms with E-state index in [4.69, 9.17) is 21.3 Å². The van der Waals surface area contributed by atoms with Crippen LogP contribution < -0.4 is 15.0 Å². The van der Waals surface area contributed by atoms with Gasteiger partial charge in [-0.2, -0.15) is 9.97 Å². The second kappa shape index (κ2) is 10.3. The molecule has 204 valence electrons. The van der Waals surface area contributed by atoms with Crippen molar-refractivity contribution in [1.29, 1.82) is 0 Å². The van der Waals surface area contributed by atoms with Crippen molar-refractivity contribution in [3.05, 3.63) is 71.7 Å². The molecule has 2 saturated heterocycles. The number of ether oxygens (including phenoxy) is 1. The summed E-state index contributed by atoms with van der Waals surface area (Å²) >= 11 is 6.55. The van der Waals surface area contributed by atoms with Crippen molar-refractivity contribution in [2.75, 3.05) is 24.6 Å². The van der Waals surface area contributed by atoms with Gasteiger partial charge in [-0.1, -0.05) is 41.9 Å². The Kier molecular flexibility index (Phi) is 6.44. The number of imidazole rings is 1. The van der Waals surface area contributed by atoms with Gasteiger partial charge in [0.2, 0.25) is 0 Å². The molecule has 0 amide bonds. The number of anilines is 1. The maximum atomic E-state index is 16.4. The minimum absolute atomic E-state index is 0.0544. The van der Waals surface area contributed by atoms with Crippen LogP contribution in [0.15, 0.2) is 55.0 Å². The second-order valence-electron chi connectivity index (χ2n) is 10.2. The van der Waals surface area contributed by atoms with Crippen LogP contribution in [-0.2, 0) is 13.2 Å². The Morgan fingerprint density at radius 1 is 1.05 bits per heavy atom. The summed E-state index contributed by atoms with van der Waals surface area (Å²) in [4.78, 5) is 20.2. The summed E-state index contributed by atoms with van der Waals surface area (Å²) in [5.41, 5.74) is 0.876. The van der Waals surface area contributed by atoms with Crippen molar-refractivity contribution in [2.45, 2.75) is 38.1 Å². The van der Waals surface area contributed by atoms with E-state index in [1.807, 2.05) is 30.3 Å². The Bertz CT molecular complexity index is 1710. The number of piperazine rings is 1. The molecule has 5 heterocycles. The zero-order chi connectivity index (χ0) is 27.2. The Labute approximate surface area is 234 Å². The van der Waals surface area contributed by atoms with Gasteiger partial charge in [-0.25, -0.2) is 13.8 Å². The van der Waals surface area contributed by atoms with Crippen molar-refractivity contribution in [2.24, 2.45) is 0 Å². The molecule has 5 aromatic rings. The summed E-state index contributed by atoms with van der Waals surface area (Å²) in [6, 6.07) is 11.9. The minimum Gasteiger partial charge on any atom is -0.463 e. The Balaban J connectivity index is 1.32. The zero-order valence-corrected chi connectivity index (χ0v) is 22.3. The van der Waals surface area contributed by atoms with Gasteiger partial charge in [-0.3, -0.25) is 4.98 Å².